The number of hydrogen-bond donors (Lipinski definition) is 1. The van der Waals surface area contributed by atoms with Gasteiger partial charge in [-0.3, -0.25) is 9.59 Å². The number of rotatable bonds is 39. The molecule has 0 rings (SSSR count). The normalized spacial score (nSPS) is 11.4. The lowest BCUT2D eigenvalue weighted by molar-refractivity contribution is -0.890. The van der Waals surface area contributed by atoms with Crippen LogP contribution in [0.15, 0.2) is 0 Å². The van der Waals surface area contributed by atoms with Crippen LogP contribution in [0.5, 0.6) is 0 Å². The van der Waals surface area contributed by atoms with Crippen LogP contribution in [0.1, 0.15) is 226 Å². The van der Waals surface area contributed by atoms with E-state index in [1.165, 1.54) is 173 Å². The second-order valence-corrected chi connectivity index (χ2v) is 15.7. The van der Waals surface area contributed by atoms with E-state index < -0.39 is 0 Å². The number of esters is 1. The number of nitrogens with one attached hydrogen (secondary N) is 1. The third-order valence-electron chi connectivity index (χ3n) is 10.2. The van der Waals surface area contributed by atoms with E-state index >= 15 is 0 Å². The average molecular weight is 716 g/mol. The maximum Gasteiger partial charge on any atom is 0.305 e. The van der Waals surface area contributed by atoms with Gasteiger partial charge < -0.3 is 26.9 Å². The first-order chi connectivity index (χ1) is 23.4. The maximum atomic E-state index is 12.2. The topological polar surface area (TPSA) is 55.4 Å². The molecule has 0 aromatic heterocycles. The van der Waals surface area contributed by atoms with Gasteiger partial charge >= 0.3 is 5.97 Å². The molecule has 0 bridgehead atoms. The number of hydrogen-bond acceptors (Lipinski definition) is 3. The Hall–Kier alpha value is -0.810. The molecule has 0 aromatic rings. The van der Waals surface area contributed by atoms with Gasteiger partial charge in [0.15, 0.2) is 0 Å². The van der Waals surface area contributed by atoms with Gasteiger partial charge in [-0.1, -0.05) is 194 Å². The molecule has 0 aliphatic carbocycles. The Balaban J connectivity index is 0. The number of carbonyl (C=O) groups excluding carboxylic acids is 2. The lowest BCUT2D eigenvalue weighted by atomic mass is 10.0. The largest absolute Gasteiger partial charge is 1.00 e. The lowest BCUT2D eigenvalue weighted by Gasteiger charge is -2.29. The molecule has 0 aliphatic heterocycles. The minimum Gasteiger partial charge on any atom is -1.00 e. The molecule has 6 heteroatoms. The minimum atomic E-state index is -0.0456. The van der Waals surface area contributed by atoms with Gasteiger partial charge in [0.25, 0.3) is 0 Å². The molecule has 49 heavy (non-hydrogen) atoms. The van der Waals surface area contributed by atoms with Gasteiger partial charge in [0, 0.05) is 25.8 Å². The molecule has 0 unspecified atom stereocenters. The first kappa shape index (κ1) is 50.3. The van der Waals surface area contributed by atoms with Gasteiger partial charge in [-0.2, -0.15) is 0 Å². The van der Waals surface area contributed by atoms with Crippen LogP contribution in [-0.4, -0.2) is 56.7 Å². The summed E-state index contributed by atoms with van der Waals surface area (Å²) in [6, 6.07) is 0. The van der Waals surface area contributed by atoms with Crippen molar-refractivity contribution in [2.45, 2.75) is 226 Å². The van der Waals surface area contributed by atoms with Gasteiger partial charge in [0.05, 0.1) is 20.6 Å². The van der Waals surface area contributed by atoms with E-state index in [1.54, 1.807) is 0 Å². The van der Waals surface area contributed by atoms with Crippen LogP contribution in [-0.2, 0) is 14.3 Å². The van der Waals surface area contributed by atoms with Crippen LogP contribution in [0.3, 0.4) is 0 Å². The first-order valence-corrected chi connectivity index (χ1v) is 21.7. The SMILES string of the molecule is CCCCCCCCCCCCCCCCCC(=O)NCCC[N+](C)(C)CCOC(=O)CCCCCCCCCCCCCCCCC.[Cl-]. The van der Waals surface area contributed by atoms with E-state index in [0.29, 0.717) is 19.4 Å². The summed E-state index contributed by atoms with van der Waals surface area (Å²) in [5, 5.41) is 3.11. The summed E-state index contributed by atoms with van der Waals surface area (Å²) in [5.41, 5.74) is 0. The highest BCUT2D eigenvalue weighted by atomic mass is 35.5. The number of unbranched alkanes of at least 4 members (excludes halogenated alkanes) is 28. The fourth-order valence-electron chi connectivity index (χ4n) is 6.71. The third-order valence-corrected chi connectivity index (χ3v) is 10.2. The Morgan fingerprint density at radius 3 is 1.14 bits per heavy atom. The number of carbonyl (C=O) groups is 2. The van der Waals surface area contributed by atoms with E-state index in [0.717, 1.165) is 49.8 Å². The van der Waals surface area contributed by atoms with Crippen molar-refractivity contribution in [1.29, 1.82) is 0 Å². The monoisotopic (exact) mass is 715 g/mol. The molecule has 0 atom stereocenters. The highest BCUT2D eigenvalue weighted by Gasteiger charge is 2.16. The molecule has 1 amide bonds. The lowest BCUT2D eigenvalue weighted by Crippen LogP contribution is -3.00. The zero-order valence-corrected chi connectivity index (χ0v) is 34.5. The fraction of sp³-hybridized carbons (Fsp3) is 0.953. The molecule has 0 saturated carbocycles. The molecular formula is C43H87ClN2O3. The highest BCUT2D eigenvalue weighted by Crippen LogP contribution is 2.15. The van der Waals surface area contributed by atoms with Crippen LogP contribution in [0.2, 0.25) is 0 Å². The minimum absolute atomic E-state index is 0. The van der Waals surface area contributed by atoms with Crippen molar-refractivity contribution in [2.24, 2.45) is 0 Å². The summed E-state index contributed by atoms with van der Waals surface area (Å²) in [5.74, 6) is 0.151. The standard InChI is InChI=1S/C43H86N2O3.ClH/c1-5-7-9-11-13-15-17-19-21-23-25-27-29-31-33-36-42(46)44-38-35-39-45(3,4)40-41-48-43(47)37-34-32-30-28-26-24-22-20-18-16-14-12-10-8-6-2;/h5-41H2,1-4H3;1H. The summed E-state index contributed by atoms with van der Waals surface area (Å²) in [7, 11) is 4.36. The number of quaternary nitrogens is 1. The second-order valence-electron chi connectivity index (χ2n) is 15.7. The second kappa shape index (κ2) is 40.0. The van der Waals surface area contributed by atoms with Crippen molar-refractivity contribution < 1.29 is 31.2 Å². The number of likely N-dealkylation sites (N-methyl/N-ethyl adjacent to an activating group) is 1. The van der Waals surface area contributed by atoms with Gasteiger partial charge in [-0.25, -0.2) is 0 Å². The molecule has 0 aliphatic rings. The zero-order valence-electron chi connectivity index (χ0n) is 33.7. The number of halogens is 1. The summed E-state index contributed by atoms with van der Waals surface area (Å²) in [4.78, 5) is 24.4. The number of amides is 1. The van der Waals surface area contributed by atoms with Crippen LogP contribution in [0, 0.1) is 0 Å². The van der Waals surface area contributed by atoms with Crippen LogP contribution in [0.4, 0.5) is 0 Å². The van der Waals surface area contributed by atoms with E-state index in [-0.39, 0.29) is 24.3 Å². The van der Waals surface area contributed by atoms with Crippen molar-refractivity contribution in [2.75, 3.05) is 40.3 Å². The zero-order chi connectivity index (χ0) is 35.2. The molecule has 0 fully saturated rings. The average Bonchev–Trinajstić information content (AvgIpc) is 3.06. The third kappa shape index (κ3) is 41.5. The van der Waals surface area contributed by atoms with E-state index in [2.05, 4.69) is 33.3 Å². The van der Waals surface area contributed by atoms with Gasteiger partial charge in [0.1, 0.15) is 13.2 Å². The predicted molar refractivity (Wildman–Crippen MR) is 210 cm³/mol. The Kier molecular flexibility index (Phi) is 41.0. The summed E-state index contributed by atoms with van der Waals surface area (Å²) >= 11 is 0. The molecule has 0 radical (unpaired) electrons. The van der Waals surface area contributed by atoms with Crippen molar-refractivity contribution in [3.8, 4) is 0 Å². The van der Waals surface area contributed by atoms with Crippen molar-refractivity contribution in [3.63, 3.8) is 0 Å². The van der Waals surface area contributed by atoms with Gasteiger partial charge in [-0.05, 0) is 12.8 Å². The summed E-state index contributed by atoms with van der Waals surface area (Å²) in [6.07, 6.45) is 42.4. The quantitative estimate of drug-likeness (QED) is 0.0392. The van der Waals surface area contributed by atoms with Crippen LogP contribution in [0.25, 0.3) is 0 Å². The van der Waals surface area contributed by atoms with Gasteiger partial charge in [0.2, 0.25) is 5.91 Å². The number of ether oxygens (including phenoxy) is 1. The molecule has 0 spiro atoms. The van der Waals surface area contributed by atoms with E-state index in [1.807, 2.05) is 0 Å². The Morgan fingerprint density at radius 1 is 0.449 bits per heavy atom. The predicted octanol–water partition coefficient (Wildman–Crippen LogP) is 9.64. The molecule has 0 aromatic carbocycles. The first-order valence-electron chi connectivity index (χ1n) is 21.7. The van der Waals surface area contributed by atoms with Crippen molar-refractivity contribution in [3.05, 3.63) is 0 Å². The van der Waals surface area contributed by atoms with Crippen molar-refractivity contribution >= 4 is 11.9 Å². The molecule has 294 valence electrons. The van der Waals surface area contributed by atoms with Gasteiger partial charge in [-0.15, -0.1) is 0 Å². The Morgan fingerprint density at radius 2 is 0.776 bits per heavy atom. The van der Waals surface area contributed by atoms with Crippen LogP contribution < -0.4 is 17.7 Å². The van der Waals surface area contributed by atoms with E-state index in [4.69, 9.17) is 4.74 Å². The van der Waals surface area contributed by atoms with Crippen molar-refractivity contribution in [1.82, 2.24) is 5.32 Å². The molecule has 0 saturated heterocycles. The van der Waals surface area contributed by atoms with Crippen LogP contribution >= 0.6 is 0 Å². The number of nitrogens with zero attached hydrogens (tertiary/aromatic N) is 1. The highest BCUT2D eigenvalue weighted by molar-refractivity contribution is 5.75. The fourth-order valence-corrected chi connectivity index (χ4v) is 6.71. The van der Waals surface area contributed by atoms with E-state index in [9.17, 15) is 9.59 Å². The molecule has 0 heterocycles. The Bertz CT molecular complexity index is 688. The Labute approximate surface area is 313 Å². The molecular weight excluding hydrogens is 628 g/mol. The summed E-state index contributed by atoms with van der Waals surface area (Å²) < 4.78 is 6.34. The maximum absolute atomic E-state index is 12.2. The molecule has 1 N–H and O–H groups in total. The smallest absolute Gasteiger partial charge is 0.305 e. The molecule has 5 nitrogen and oxygen atoms in total. The summed E-state index contributed by atoms with van der Waals surface area (Å²) in [6.45, 7) is 7.57.